The molecule has 0 amide bonds. The Morgan fingerprint density at radius 2 is 1.40 bits per heavy atom. The molecule has 1 aromatic rings. The van der Waals surface area contributed by atoms with Crippen LogP contribution >= 0.6 is 0 Å². The van der Waals surface area contributed by atoms with Crippen LogP contribution in [0.1, 0.15) is 135 Å². The lowest BCUT2D eigenvalue weighted by Gasteiger charge is -2.33. The van der Waals surface area contributed by atoms with Crippen molar-refractivity contribution in [2.45, 2.75) is 130 Å². The second-order valence-corrected chi connectivity index (χ2v) is 12.0. The Balaban J connectivity index is 2.17. The fourth-order valence-corrected chi connectivity index (χ4v) is 5.46. The number of hydrogen-bond acceptors (Lipinski definition) is 2. The first kappa shape index (κ1) is 25.4. The Labute approximate surface area is 186 Å². The van der Waals surface area contributed by atoms with E-state index in [1.165, 1.54) is 68.1 Å². The quantitative estimate of drug-likeness (QED) is 0.260. The summed E-state index contributed by atoms with van der Waals surface area (Å²) in [5.74, 6) is 1.57. The standard InChI is InChI=1S/C28H48O2/c1-9-10-11-12-21-13-15-22(16-14-21)17-26(30-29)23-18-24(27(3,4)5)20(2)25(19-23)28(6,7)8/h18-19,21-22,26,29H,9-17H2,1-8H3. The molecule has 2 rings (SSSR count). The molecule has 1 saturated carbocycles. The Bertz CT molecular complexity index is 619. The van der Waals surface area contributed by atoms with E-state index in [4.69, 9.17) is 4.89 Å². The molecule has 2 nitrogen and oxygen atoms in total. The summed E-state index contributed by atoms with van der Waals surface area (Å²) in [6.45, 7) is 18.2. The van der Waals surface area contributed by atoms with Crippen molar-refractivity contribution in [2.24, 2.45) is 11.8 Å². The lowest BCUT2D eigenvalue weighted by Crippen LogP contribution is -2.22. The highest BCUT2D eigenvalue weighted by Gasteiger charge is 2.29. The van der Waals surface area contributed by atoms with Crippen molar-refractivity contribution in [2.75, 3.05) is 0 Å². The van der Waals surface area contributed by atoms with Crippen molar-refractivity contribution in [1.82, 2.24) is 0 Å². The second-order valence-electron chi connectivity index (χ2n) is 12.0. The largest absolute Gasteiger partial charge is 0.251 e. The zero-order chi connectivity index (χ0) is 22.5. The highest BCUT2D eigenvalue weighted by molar-refractivity contribution is 5.45. The third-order valence-electron chi connectivity index (χ3n) is 7.27. The molecular weight excluding hydrogens is 368 g/mol. The molecule has 1 N–H and O–H groups in total. The van der Waals surface area contributed by atoms with E-state index >= 15 is 0 Å². The van der Waals surface area contributed by atoms with Crippen molar-refractivity contribution >= 4 is 0 Å². The van der Waals surface area contributed by atoms with Gasteiger partial charge in [0, 0.05) is 0 Å². The maximum absolute atomic E-state index is 9.86. The molecule has 1 aliphatic carbocycles. The van der Waals surface area contributed by atoms with E-state index in [0.29, 0.717) is 5.92 Å². The molecule has 1 aromatic carbocycles. The van der Waals surface area contributed by atoms with Crippen LogP contribution in [0.4, 0.5) is 0 Å². The predicted octanol–water partition coefficient (Wildman–Crippen LogP) is 8.90. The maximum atomic E-state index is 9.86. The molecule has 0 saturated heterocycles. The third-order valence-corrected chi connectivity index (χ3v) is 7.27. The van der Waals surface area contributed by atoms with Gasteiger partial charge in [0.05, 0.1) is 0 Å². The molecule has 0 spiro atoms. The smallest absolute Gasteiger partial charge is 0.118 e. The molecule has 1 fully saturated rings. The summed E-state index contributed by atoms with van der Waals surface area (Å²) in [5.41, 5.74) is 5.39. The van der Waals surface area contributed by atoms with Crippen LogP contribution in [0.2, 0.25) is 0 Å². The summed E-state index contributed by atoms with van der Waals surface area (Å²) in [6.07, 6.45) is 11.4. The summed E-state index contributed by atoms with van der Waals surface area (Å²) in [5, 5.41) is 9.86. The van der Waals surface area contributed by atoms with Gasteiger partial charge in [-0.15, -0.1) is 0 Å². The zero-order valence-electron chi connectivity index (χ0n) is 21.1. The van der Waals surface area contributed by atoms with Gasteiger partial charge in [-0.25, -0.2) is 4.89 Å². The van der Waals surface area contributed by atoms with Crippen LogP contribution in [0.5, 0.6) is 0 Å². The van der Waals surface area contributed by atoms with Gasteiger partial charge in [0.1, 0.15) is 6.10 Å². The molecule has 1 atom stereocenters. The van der Waals surface area contributed by atoms with Crippen molar-refractivity contribution in [3.05, 3.63) is 34.4 Å². The van der Waals surface area contributed by atoms with Crippen LogP contribution in [0.25, 0.3) is 0 Å². The van der Waals surface area contributed by atoms with Crippen molar-refractivity contribution < 1.29 is 10.1 Å². The van der Waals surface area contributed by atoms with E-state index in [9.17, 15) is 5.26 Å². The van der Waals surface area contributed by atoms with E-state index < -0.39 is 0 Å². The van der Waals surface area contributed by atoms with Crippen LogP contribution in [0, 0.1) is 18.8 Å². The predicted molar refractivity (Wildman–Crippen MR) is 129 cm³/mol. The van der Waals surface area contributed by atoms with Crippen molar-refractivity contribution in [1.29, 1.82) is 0 Å². The molecular formula is C28H48O2. The fraction of sp³-hybridized carbons (Fsp3) is 0.786. The Morgan fingerprint density at radius 1 is 0.900 bits per heavy atom. The summed E-state index contributed by atoms with van der Waals surface area (Å²) in [6, 6.07) is 4.59. The minimum absolute atomic E-state index is 0.0661. The number of unbranched alkanes of at least 4 members (excludes halogenated alkanes) is 2. The Morgan fingerprint density at radius 3 is 1.83 bits per heavy atom. The van der Waals surface area contributed by atoms with Crippen molar-refractivity contribution in [3.8, 4) is 0 Å². The van der Waals surface area contributed by atoms with Gasteiger partial charge >= 0.3 is 0 Å². The number of hydrogen-bond donors (Lipinski definition) is 1. The second kappa shape index (κ2) is 10.6. The number of rotatable bonds is 8. The minimum atomic E-state index is -0.227. The summed E-state index contributed by atoms with van der Waals surface area (Å²) < 4.78 is 0. The van der Waals surface area contributed by atoms with E-state index in [2.05, 4.69) is 67.5 Å². The highest BCUT2D eigenvalue weighted by atomic mass is 17.1. The monoisotopic (exact) mass is 416 g/mol. The first-order valence-electron chi connectivity index (χ1n) is 12.4. The summed E-state index contributed by atoms with van der Waals surface area (Å²) >= 11 is 0. The van der Waals surface area contributed by atoms with Crippen LogP contribution in [-0.4, -0.2) is 5.26 Å². The van der Waals surface area contributed by atoms with Gasteiger partial charge in [-0.1, -0.05) is 112 Å². The average Bonchev–Trinajstić information content (AvgIpc) is 2.66. The average molecular weight is 417 g/mol. The molecule has 0 radical (unpaired) electrons. The van der Waals surface area contributed by atoms with Gasteiger partial charge in [0.2, 0.25) is 0 Å². The molecule has 0 bridgehead atoms. The van der Waals surface area contributed by atoms with Gasteiger partial charge in [-0.3, -0.25) is 5.26 Å². The molecule has 172 valence electrons. The van der Waals surface area contributed by atoms with Gasteiger partial charge in [0.15, 0.2) is 0 Å². The van der Waals surface area contributed by atoms with Gasteiger partial charge < -0.3 is 0 Å². The molecule has 2 heteroatoms. The maximum Gasteiger partial charge on any atom is 0.118 e. The molecule has 0 heterocycles. The minimum Gasteiger partial charge on any atom is -0.251 e. The Kier molecular flexibility index (Phi) is 9.01. The summed E-state index contributed by atoms with van der Waals surface area (Å²) in [7, 11) is 0. The zero-order valence-corrected chi connectivity index (χ0v) is 21.1. The first-order valence-corrected chi connectivity index (χ1v) is 12.4. The van der Waals surface area contributed by atoms with E-state index in [1.54, 1.807) is 0 Å². The van der Waals surface area contributed by atoms with Crippen LogP contribution in [0.15, 0.2) is 12.1 Å². The van der Waals surface area contributed by atoms with E-state index in [1.807, 2.05) is 0 Å². The molecule has 1 aliphatic rings. The van der Waals surface area contributed by atoms with Gasteiger partial charge in [-0.2, -0.15) is 0 Å². The third kappa shape index (κ3) is 6.82. The fourth-order valence-electron chi connectivity index (χ4n) is 5.46. The highest BCUT2D eigenvalue weighted by Crippen LogP contribution is 2.41. The topological polar surface area (TPSA) is 29.5 Å². The molecule has 0 aromatic heterocycles. The normalized spacial score (nSPS) is 21.6. The van der Waals surface area contributed by atoms with E-state index in [-0.39, 0.29) is 16.9 Å². The van der Waals surface area contributed by atoms with Crippen molar-refractivity contribution in [3.63, 3.8) is 0 Å². The molecule has 1 unspecified atom stereocenters. The van der Waals surface area contributed by atoms with Crippen LogP contribution in [0.3, 0.4) is 0 Å². The van der Waals surface area contributed by atoms with E-state index in [0.717, 1.165) is 17.9 Å². The van der Waals surface area contributed by atoms with Gasteiger partial charge in [-0.05, 0) is 58.3 Å². The lowest BCUT2D eigenvalue weighted by molar-refractivity contribution is -0.285. The summed E-state index contributed by atoms with van der Waals surface area (Å²) in [4.78, 5) is 5.12. The van der Waals surface area contributed by atoms with Gasteiger partial charge in [0.25, 0.3) is 0 Å². The van der Waals surface area contributed by atoms with Crippen LogP contribution < -0.4 is 0 Å². The SMILES string of the molecule is CCCCCC1CCC(CC(OO)c2cc(C(C)(C)C)c(C)c(C(C)(C)C)c2)CC1. The first-order chi connectivity index (χ1) is 14.0. The molecule has 0 aliphatic heterocycles. The molecule has 30 heavy (non-hydrogen) atoms. The lowest BCUT2D eigenvalue weighted by atomic mass is 9.74. The number of benzene rings is 1. The Hall–Kier alpha value is -0.860. The van der Waals surface area contributed by atoms with Crippen LogP contribution in [-0.2, 0) is 15.7 Å².